The molecule has 2 aromatic rings. The first-order valence-corrected chi connectivity index (χ1v) is 5.59. The summed E-state index contributed by atoms with van der Waals surface area (Å²) in [7, 11) is 0. The maximum Gasteiger partial charge on any atom is 0.213 e. The fourth-order valence-corrected chi connectivity index (χ4v) is 2.02. The smallest absolute Gasteiger partial charge is 0.213 e. The van der Waals surface area contributed by atoms with Crippen molar-refractivity contribution >= 4 is 23.4 Å². The number of aromatic nitrogens is 1. The van der Waals surface area contributed by atoms with Crippen LogP contribution in [0.5, 0.6) is 0 Å². The summed E-state index contributed by atoms with van der Waals surface area (Å²) in [6, 6.07) is 6.62. The summed E-state index contributed by atoms with van der Waals surface area (Å²) >= 11 is 7.09. The third kappa shape index (κ3) is 2.97. The van der Waals surface area contributed by atoms with Gasteiger partial charge in [0.25, 0.3) is 0 Å². The lowest BCUT2D eigenvalue weighted by molar-refractivity contribution is 0.532. The van der Waals surface area contributed by atoms with Crippen LogP contribution in [0.3, 0.4) is 0 Å². The Morgan fingerprint density at radius 1 is 1.40 bits per heavy atom. The zero-order valence-electron chi connectivity index (χ0n) is 7.61. The fraction of sp³-hybridized carbons (Fsp3) is 0.100. The van der Waals surface area contributed by atoms with E-state index in [2.05, 4.69) is 4.98 Å². The largest absolute Gasteiger partial charge is 0.449 e. The highest BCUT2D eigenvalue weighted by atomic mass is 35.5. The van der Waals surface area contributed by atoms with Gasteiger partial charge in [-0.1, -0.05) is 0 Å². The van der Waals surface area contributed by atoms with Crippen molar-refractivity contribution in [2.75, 3.05) is 0 Å². The standard InChI is InChI=1S/C10H7ClFNOS/c11-9-2-1-7(14-9)6-15-8-3-4-13-10(12)5-8/h1-5H,6H2. The van der Waals surface area contributed by atoms with E-state index in [0.29, 0.717) is 11.0 Å². The number of rotatable bonds is 3. The molecule has 2 rings (SSSR count). The second kappa shape index (κ2) is 4.68. The Balaban J connectivity index is 1.99. The van der Waals surface area contributed by atoms with E-state index in [1.54, 1.807) is 18.2 Å². The van der Waals surface area contributed by atoms with Gasteiger partial charge in [-0.2, -0.15) is 4.39 Å². The molecular weight excluding hydrogens is 237 g/mol. The maximum absolute atomic E-state index is 12.7. The number of hydrogen-bond acceptors (Lipinski definition) is 3. The Morgan fingerprint density at radius 2 is 2.27 bits per heavy atom. The molecule has 2 aromatic heterocycles. The molecule has 0 atom stereocenters. The quantitative estimate of drug-likeness (QED) is 0.606. The van der Waals surface area contributed by atoms with Crippen LogP contribution in [-0.4, -0.2) is 4.98 Å². The lowest BCUT2D eigenvalue weighted by Gasteiger charge is -1.98. The van der Waals surface area contributed by atoms with Gasteiger partial charge in [0.1, 0.15) is 5.76 Å². The summed E-state index contributed by atoms with van der Waals surface area (Å²) in [5.74, 6) is 0.913. The summed E-state index contributed by atoms with van der Waals surface area (Å²) in [4.78, 5) is 4.29. The Hall–Kier alpha value is -1.00. The Labute approximate surface area is 95.5 Å². The SMILES string of the molecule is Fc1cc(SCc2ccc(Cl)o2)ccn1. The summed E-state index contributed by atoms with van der Waals surface area (Å²) < 4.78 is 17.9. The van der Waals surface area contributed by atoms with Crippen LogP contribution in [0.25, 0.3) is 0 Å². The average Bonchev–Trinajstić information content (AvgIpc) is 2.62. The number of halogens is 2. The minimum Gasteiger partial charge on any atom is -0.449 e. The van der Waals surface area contributed by atoms with Crippen LogP contribution in [0.1, 0.15) is 5.76 Å². The zero-order valence-corrected chi connectivity index (χ0v) is 9.19. The number of hydrogen-bond donors (Lipinski definition) is 0. The molecule has 0 amide bonds. The van der Waals surface area contributed by atoms with Crippen molar-refractivity contribution in [3.63, 3.8) is 0 Å². The van der Waals surface area contributed by atoms with Gasteiger partial charge in [0.2, 0.25) is 5.95 Å². The lowest BCUT2D eigenvalue weighted by Crippen LogP contribution is -1.82. The first-order valence-electron chi connectivity index (χ1n) is 4.22. The molecule has 0 unspecified atom stereocenters. The Morgan fingerprint density at radius 3 is 2.93 bits per heavy atom. The molecule has 2 heterocycles. The molecule has 5 heteroatoms. The second-order valence-electron chi connectivity index (χ2n) is 2.81. The van der Waals surface area contributed by atoms with E-state index in [1.807, 2.05) is 0 Å². The van der Waals surface area contributed by atoms with Gasteiger partial charge in [0, 0.05) is 17.2 Å². The third-order valence-electron chi connectivity index (χ3n) is 1.71. The normalized spacial score (nSPS) is 10.5. The van der Waals surface area contributed by atoms with Crippen LogP contribution in [0.15, 0.2) is 39.8 Å². The van der Waals surface area contributed by atoms with Crippen LogP contribution < -0.4 is 0 Å². The number of furan rings is 1. The maximum atomic E-state index is 12.7. The molecular formula is C10H7ClFNOS. The predicted molar refractivity (Wildman–Crippen MR) is 57.5 cm³/mol. The van der Waals surface area contributed by atoms with Gasteiger partial charge in [-0.15, -0.1) is 11.8 Å². The molecule has 0 saturated carbocycles. The van der Waals surface area contributed by atoms with Crippen LogP contribution in [0.2, 0.25) is 5.22 Å². The molecule has 0 aliphatic heterocycles. The van der Waals surface area contributed by atoms with E-state index in [-0.39, 0.29) is 0 Å². The predicted octanol–water partition coefficient (Wildman–Crippen LogP) is 3.76. The van der Waals surface area contributed by atoms with Crippen LogP contribution in [0, 0.1) is 5.95 Å². The molecule has 15 heavy (non-hydrogen) atoms. The molecule has 0 N–H and O–H groups in total. The highest BCUT2D eigenvalue weighted by molar-refractivity contribution is 7.98. The molecule has 0 fully saturated rings. The summed E-state index contributed by atoms with van der Waals surface area (Å²) in [6.45, 7) is 0. The van der Waals surface area contributed by atoms with Crippen molar-refractivity contribution < 1.29 is 8.81 Å². The van der Waals surface area contributed by atoms with E-state index in [9.17, 15) is 4.39 Å². The third-order valence-corrected chi connectivity index (χ3v) is 2.93. The topological polar surface area (TPSA) is 26.0 Å². The van der Waals surface area contributed by atoms with Gasteiger partial charge in [0.05, 0.1) is 5.75 Å². The van der Waals surface area contributed by atoms with Crippen molar-refractivity contribution in [2.45, 2.75) is 10.6 Å². The highest BCUT2D eigenvalue weighted by Crippen LogP contribution is 2.24. The van der Waals surface area contributed by atoms with E-state index in [0.717, 1.165) is 10.7 Å². The fourth-order valence-electron chi connectivity index (χ4n) is 1.06. The molecule has 0 spiro atoms. The zero-order chi connectivity index (χ0) is 10.7. The van der Waals surface area contributed by atoms with E-state index >= 15 is 0 Å². The first kappa shape index (κ1) is 10.5. The van der Waals surface area contributed by atoms with Gasteiger partial charge in [0.15, 0.2) is 5.22 Å². The summed E-state index contributed by atoms with van der Waals surface area (Å²) in [5.41, 5.74) is 0. The minimum absolute atomic E-state index is 0.367. The molecule has 0 saturated heterocycles. The van der Waals surface area contributed by atoms with Gasteiger partial charge in [-0.05, 0) is 29.8 Å². The van der Waals surface area contributed by atoms with Gasteiger partial charge in [-0.25, -0.2) is 4.98 Å². The van der Waals surface area contributed by atoms with E-state index in [4.69, 9.17) is 16.0 Å². The van der Waals surface area contributed by atoms with Gasteiger partial charge >= 0.3 is 0 Å². The summed E-state index contributed by atoms with van der Waals surface area (Å²) in [6.07, 6.45) is 1.44. The van der Waals surface area contributed by atoms with Crippen molar-refractivity contribution in [1.29, 1.82) is 0 Å². The summed E-state index contributed by atoms with van der Waals surface area (Å²) in [5, 5.41) is 0.367. The van der Waals surface area contributed by atoms with Gasteiger partial charge < -0.3 is 4.42 Å². The molecule has 0 bridgehead atoms. The van der Waals surface area contributed by atoms with Crippen molar-refractivity contribution in [3.05, 3.63) is 47.4 Å². The molecule has 0 aromatic carbocycles. The number of thioether (sulfide) groups is 1. The first-order chi connectivity index (χ1) is 7.24. The molecule has 2 nitrogen and oxygen atoms in total. The van der Waals surface area contributed by atoms with Crippen molar-refractivity contribution in [2.24, 2.45) is 0 Å². The van der Waals surface area contributed by atoms with E-state index < -0.39 is 5.95 Å². The molecule has 78 valence electrons. The monoisotopic (exact) mass is 243 g/mol. The molecule has 0 radical (unpaired) electrons. The van der Waals surface area contributed by atoms with Crippen LogP contribution in [-0.2, 0) is 5.75 Å². The van der Waals surface area contributed by atoms with Crippen molar-refractivity contribution in [3.8, 4) is 0 Å². The molecule has 0 aliphatic rings. The Bertz CT molecular complexity index is 460. The number of pyridine rings is 1. The van der Waals surface area contributed by atoms with Crippen LogP contribution in [0.4, 0.5) is 4.39 Å². The average molecular weight is 244 g/mol. The van der Waals surface area contributed by atoms with Crippen LogP contribution >= 0.6 is 23.4 Å². The lowest BCUT2D eigenvalue weighted by atomic mass is 10.5. The van der Waals surface area contributed by atoms with Crippen molar-refractivity contribution in [1.82, 2.24) is 4.98 Å². The van der Waals surface area contributed by atoms with E-state index in [1.165, 1.54) is 24.0 Å². The highest BCUT2D eigenvalue weighted by Gasteiger charge is 2.02. The second-order valence-corrected chi connectivity index (χ2v) is 4.23. The number of nitrogens with zero attached hydrogens (tertiary/aromatic N) is 1. The Kier molecular flexibility index (Phi) is 3.28. The molecule has 0 aliphatic carbocycles. The minimum atomic E-state index is -0.475. The van der Waals surface area contributed by atoms with Gasteiger partial charge in [-0.3, -0.25) is 0 Å².